The number of hydrogen-bond donors (Lipinski definition) is 0. The van der Waals surface area contributed by atoms with Gasteiger partial charge >= 0.3 is 0 Å². The molecule has 2 aromatic carbocycles. The zero-order chi connectivity index (χ0) is 13.0. The van der Waals surface area contributed by atoms with Crippen LogP contribution in [0.2, 0.25) is 0 Å². The Bertz CT molecular complexity index is 488. The van der Waals surface area contributed by atoms with Crippen molar-refractivity contribution in [2.45, 2.75) is 19.3 Å². The summed E-state index contributed by atoms with van der Waals surface area (Å²) in [6.45, 7) is 2.15. The largest absolute Gasteiger partial charge is 0.497 e. The lowest BCUT2D eigenvalue weighted by atomic mass is 9.94. The Labute approximate surface area is 107 Å². The van der Waals surface area contributed by atoms with E-state index >= 15 is 0 Å². The molecule has 0 fully saturated rings. The zero-order valence-corrected chi connectivity index (χ0v) is 10.7. The molecule has 18 heavy (non-hydrogen) atoms. The van der Waals surface area contributed by atoms with Gasteiger partial charge in [-0.15, -0.1) is 0 Å². The molecule has 0 saturated heterocycles. The molecule has 0 aromatic heterocycles. The summed E-state index contributed by atoms with van der Waals surface area (Å²) in [5, 5.41) is 0. The minimum absolute atomic E-state index is 0.185. The first-order valence-corrected chi connectivity index (χ1v) is 6.07. The Morgan fingerprint density at radius 2 is 1.61 bits per heavy atom. The summed E-state index contributed by atoms with van der Waals surface area (Å²) in [5.41, 5.74) is 2.42. The van der Waals surface area contributed by atoms with Crippen molar-refractivity contribution in [3.05, 3.63) is 65.5 Å². The molecule has 1 unspecified atom stereocenters. The summed E-state index contributed by atoms with van der Waals surface area (Å²) in [7, 11) is 1.66. The Morgan fingerprint density at radius 3 is 2.17 bits per heavy atom. The van der Waals surface area contributed by atoms with Gasteiger partial charge in [0.1, 0.15) is 11.6 Å². The van der Waals surface area contributed by atoms with Crippen molar-refractivity contribution in [3.63, 3.8) is 0 Å². The number of ether oxygens (including phenoxy) is 1. The van der Waals surface area contributed by atoms with Gasteiger partial charge in [0.25, 0.3) is 0 Å². The van der Waals surface area contributed by atoms with Gasteiger partial charge in [-0.25, -0.2) is 4.39 Å². The van der Waals surface area contributed by atoms with Crippen LogP contribution < -0.4 is 4.74 Å². The summed E-state index contributed by atoms with van der Waals surface area (Å²) in [6.07, 6.45) is 0.940. The summed E-state index contributed by atoms with van der Waals surface area (Å²) in [6, 6.07) is 14.8. The molecule has 2 aromatic rings. The maximum Gasteiger partial charge on any atom is 0.123 e. The van der Waals surface area contributed by atoms with E-state index < -0.39 is 0 Å². The van der Waals surface area contributed by atoms with Crippen LogP contribution in [0.3, 0.4) is 0 Å². The lowest BCUT2D eigenvalue weighted by Gasteiger charge is -2.12. The third kappa shape index (κ3) is 3.10. The van der Waals surface area contributed by atoms with Gasteiger partial charge in [-0.05, 0) is 47.7 Å². The van der Waals surface area contributed by atoms with E-state index in [1.807, 2.05) is 24.3 Å². The third-order valence-corrected chi connectivity index (χ3v) is 3.14. The summed E-state index contributed by atoms with van der Waals surface area (Å²) in [4.78, 5) is 0. The second-order valence-electron chi connectivity index (χ2n) is 4.50. The molecule has 2 rings (SSSR count). The van der Waals surface area contributed by atoms with E-state index in [2.05, 4.69) is 19.1 Å². The lowest BCUT2D eigenvalue weighted by molar-refractivity contribution is 0.414. The Hall–Kier alpha value is -1.83. The molecule has 0 saturated carbocycles. The average Bonchev–Trinajstić information content (AvgIpc) is 2.40. The van der Waals surface area contributed by atoms with Crippen LogP contribution in [0.5, 0.6) is 5.75 Å². The van der Waals surface area contributed by atoms with Crippen LogP contribution in [0.25, 0.3) is 0 Å². The van der Waals surface area contributed by atoms with Crippen molar-refractivity contribution in [1.29, 1.82) is 0 Å². The van der Waals surface area contributed by atoms with Gasteiger partial charge in [0.05, 0.1) is 7.11 Å². The molecule has 2 heteroatoms. The van der Waals surface area contributed by atoms with E-state index in [9.17, 15) is 4.39 Å². The molecule has 0 aliphatic heterocycles. The van der Waals surface area contributed by atoms with E-state index in [0.29, 0.717) is 5.92 Å². The number of rotatable bonds is 4. The Morgan fingerprint density at radius 1 is 1.00 bits per heavy atom. The van der Waals surface area contributed by atoms with Gasteiger partial charge in [0.2, 0.25) is 0 Å². The predicted octanol–water partition coefficient (Wildman–Crippen LogP) is 4.18. The highest BCUT2D eigenvalue weighted by molar-refractivity contribution is 5.29. The summed E-state index contributed by atoms with van der Waals surface area (Å²) < 4.78 is 18.0. The molecule has 1 atom stereocenters. The minimum Gasteiger partial charge on any atom is -0.497 e. The van der Waals surface area contributed by atoms with Gasteiger partial charge in [-0.2, -0.15) is 0 Å². The maximum atomic E-state index is 12.8. The second kappa shape index (κ2) is 5.67. The van der Waals surface area contributed by atoms with Crippen LogP contribution in [0.1, 0.15) is 24.0 Å². The van der Waals surface area contributed by atoms with E-state index in [1.54, 1.807) is 7.11 Å². The molecule has 0 aliphatic carbocycles. The minimum atomic E-state index is -0.185. The van der Waals surface area contributed by atoms with Crippen molar-refractivity contribution < 1.29 is 9.13 Å². The fraction of sp³-hybridized carbons (Fsp3) is 0.250. The number of halogens is 1. The second-order valence-corrected chi connectivity index (χ2v) is 4.50. The topological polar surface area (TPSA) is 9.23 Å². The molecule has 0 aliphatic rings. The molecule has 0 heterocycles. The van der Waals surface area contributed by atoms with Gasteiger partial charge in [-0.3, -0.25) is 0 Å². The summed E-state index contributed by atoms with van der Waals surface area (Å²) in [5.74, 6) is 1.06. The van der Waals surface area contributed by atoms with Crippen molar-refractivity contribution in [2.75, 3.05) is 7.11 Å². The smallest absolute Gasteiger partial charge is 0.123 e. The van der Waals surface area contributed by atoms with Crippen LogP contribution in [-0.4, -0.2) is 7.11 Å². The highest BCUT2D eigenvalue weighted by Gasteiger charge is 2.07. The van der Waals surface area contributed by atoms with Crippen LogP contribution >= 0.6 is 0 Å². The van der Waals surface area contributed by atoms with E-state index in [1.165, 1.54) is 17.7 Å². The normalized spacial score (nSPS) is 12.2. The zero-order valence-electron chi connectivity index (χ0n) is 10.7. The van der Waals surface area contributed by atoms with Crippen molar-refractivity contribution in [1.82, 2.24) is 0 Å². The van der Waals surface area contributed by atoms with Crippen molar-refractivity contribution in [3.8, 4) is 5.75 Å². The fourth-order valence-electron chi connectivity index (χ4n) is 2.02. The van der Waals surface area contributed by atoms with Crippen molar-refractivity contribution in [2.24, 2.45) is 0 Å². The third-order valence-electron chi connectivity index (χ3n) is 3.14. The number of benzene rings is 2. The van der Waals surface area contributed by atoms with Crippen LogP contribution in [0.15, 0.2) is 48.5 Å². The molecule has 1 nitrogen and oxygen atoms in total. The molecular formula is C16H17FO. The molecule has 94 valence electrons. The van der Waals surface area contributed by atoms with Gasteiger partial charge in [0, 0.05) is 0 Å². The molecular weight excluding hydrogens is 227 g/mol. The first-order chi connectivity index (χ1) is 8.69. The van der Waals surface area contributed by atoms with E-state index in [0.717, 1.165) is 17.7 Å². The van der Waals surface area contributed by atoms with Crippen LogP contribution in [0, 0.1) is 5.82 Å². The van der Waals surface area contributed by atoms with Gasteiger partial charge < -0.3 is 4.74 Å². The monoisotopic (exact) mass is 244 g/mol. The van der Waals surface area contributed by atoms with Gasteiger partial charge in [0.15, 0.2) is 0 Å². The molecule has 0 N–H and O–H groups in total. The first kappa shape index (κ1) is 12.6. The SMILES string of the molecule is COc1ccc(CC(C)c2ccc(F)cc2)cc1. The predicted molar refractivity (Wildman–Crippen MR) is 71.5 cm³/mol. The fourth-order valence-corrected chi connectivity index (χ4v) is 2.02. The quantitative estimate of drug-likeness (QED) is 0.784. The first-order valence-electron chi connectivity index (χ1n) is 6.07. The number of methoxy groups -OCH3 is 1. The standard InChI is InChI=1S/C16H17FO/c1-12(14-5-7-15(17)8-6-14)11-13-3-9-16(18-2)10-4-13/h3-10,12H,11H2,1-2H3. The molecule has 0 radical (unpaired) electrons. The van der Waals surface area contributed by atoms with E-state index in [-0.39, 0.29) is 5.82 Å². The molecule has 0 amide bonds. The Balaban J connectivity index is 2.05. The summed E-state index contributed by atoms with van der Waals surface area (Å²) >= 11 is 0. The number of hydrogen-bond acceptors (Lipinski definition) is 1. The molecule has 0 bridgehead atoms. The highest BCUT2D eigenvalue weighted by Crippen LogP contribution is 2.22. The molecule has 0 spiro atoms. The van der Waals surface area contributed by atoms with E-state index in [4.69, 9.17) is 4.74 Å². The highest BCUT2D eigenvalue weighted by atomic mass is 19.1. The Kier molecular flexibility index (Phi) is 3.98. The maximum absolute atomic E-state index is 12.8. The average molecular weight is 244 g/mol. The lowest BCUT2D eigenvalue weighted by Crippen LogP contribution is -1.98. The van der Waals surface area contributed by atoms with Crippen molar-refractivity contribution >= 4 is 0 Å². The van der Waals surface area contributed by atoms with Gasteiger partial charge in [-0.1, -0.05) is 31.2 Å². The van der Waals surface area contributed by atoms with Crippen LogP contribution in [0.4, 0.5) is 4.39 Å². The van der Waals surface area contributed by atoms with Crippen LogP contribution in [-0.2, 0) is 6.42 Å².